The maximum atomic E-state index is 13.2. The highest BCUT2D eigenvalue weighted by atomic mass is 16.2. The molecule has 1 aromatic rings. The van der Waals surface area contributed by atoms with E-state index in [9.17, 15) is 9.59 Å². The quantitative estimate of drug-likeness (QED) is 0.709. The van der Waals surface area contributed by atoms with E-state index in [1.54, 1.807) is 0 Å². The highest BCUT2D eigenvalue weighted by Gasteiger charge is 2.60. The monoisotopic (exact) mass is 434 g/mol. The van der Waals surface area contributed by atoms with E-state index in [2.05, 4.69) is 38.2 Å². The zero-order chi connectivity index (χ0) is 22.8. The molecule has 0 spiro atoms. The molecule has 2 amide bonds. The van der Waals surface area contributed by atoms with Crippen LogP contribution in [-0.4, -0.2) is 35.8 Å². The first-order valence-electron chi connectivity index (χ1n) is 12.5. The van der Waals surface area contributed by atoms with Crippen LogP contribution in [0.15, 0.2) is 30.4 Å². The van der Waals surface area contributed by atoms with Crippen LogP contribution >= 0.6 is 0 Å². The molecule has 5 rings (SSSR count). The first-order valence-corrected chi connectivity index (χ1v) is 12.5. The molecule has 1 heterocycles. The van der Waals surface area contributed by atoms with E-state index in [0.717, 1.165) is 30.4 Å². The molecule has 3 fully saturated rings. The van der Waals surface area contributed by atoms with Crippen molar-refractivity contribution in [3.05, 3.63) is 47.0 Å². The summed E-state index contributed by atoms with van der Waals surface area (Å²) in [6.07, 6.45) is 11.0. The fourth-order valence-electron chi connectivity index (χ4n) is 8.21. The Morgan fingerprint density at radius 1 is 1.06 bits per heavy atom. The van der Waals surface area contributed by atoms with Crippen LogP contribution in [0.3, 0.4) is 0 Å². The van der Waals surface area contributed by atoms with Crippen molar-refractivity contribution in [2.45, 2.75) is 78.3 Å². The number of nitrogens with zero attached hydrogens (tertiary/aromatic N) is 1. The maximum Gasteiger partial charge on any atom is 0.251 e. The second kappa shape index (κ2) is 7.46. The van der Waals surface area contributed by atoms with Crippen molar-refractivity contribution in [2.24, 2.45) is 28.6 Å². The van der Waals surface area contributed by atoms with Crippen molar-refractivity contribution in [1.29, 1.82) is 0 Å². The summed E-state index contributed by atoms with van der Waals surface area (Å²) in [5, 5.41) is 3.47. The van der Waals surface area contributed by atoms with Crippen molar-refractivity contribution in [2.75, 3.05) is 7.05 Å². The summed E-state index contributed by atoms with van der Waals surface area (Å²) >= 11 is 0. The Bertz CT molecular complexity index is 984. The predicted molar refractivity (Wildman–Crippen MR) is 127 cm³/mol. The van der Waals surface area contributed by atoms with Gasteiger partial charge in [0.05, 0.1) is 0 Å². The first kappa shape index (κ1) is 21.7. The number of nitrogens with one attached hydrogen (secondary N) is 1. The van der Waals surface area contributed by atoms with Gasteiger partial charge in [-0.05, 0) is 98.8 Å². The Morgan fingerprint density at radius 2 is 1.84 bits per heavy atom. The Labute approximate surface area is 192 Å². The molecule has 1 aliphatic heterocycles. The fourth-order valence-corrected chi connectivity index (χ4v) is 8.21. The first-order chi connectivity index (χ1) is 15.2. The summed E-state index contributed by atoms with van der Waals surface area (Å²) in [6, 6.07) is 6.59. The van der Waals surface area contributed by atoms with E-state index in [-0.39, 0.29) is 28.7 Å². The lowest BCUT2D eigenvalue weighted by atomic mass is 9.48. The average molecular weight is 435 g/mol. The zero-order valence-corrected chi connectivity index (χ0v) is 20.3. The molecule has 0 bridgehead atoms. The molecule has 0 radical (unpaired) electrons. The molecule has 1 unspecified atom stereocenters. The summed E-state index contributed by atoms with van der Waals surface area (Å²) in [5.74, 6) is 2.20. The molecule has 32 heavy (non-hydrogen) atoms. The molecule has 4 aliphatic rings. The predicted octanol–water partition coefficient (Wildman–Crippen LogP) is 5.04. The number of rotatable bonds is 2. The highest BCUT2D eigenvalue weighted by molar-refractivity contribution is 5.96. The van der Waals surface area contributed by atoms with Gasteiger partial charge in [-0.3, -0.25) is 9.59 Å². The van der Waals surface area contributed by atoms with Crippen molar-refractivity contribution < 1.29 is 9.59 Å². The minimum Gasteiger partial charge on any atom is -0.349 e. The number of likely N-dealkylation sites (N-methyl/N-ethyl adjacent to an activating group) is 1. The van der Waals surface area contributed by atoms with E-state index in [1.807, 2.05) is 37.1 Å². The minimum absolute atomic E-state index is 0.0763. The fraction of sp³-hybridized carbons (Fsp3) is 0.643. The van der Waals surface area contributed by atoms with Gasteiger partial charge in [-0.1, -0.05) is 32.1 Å². The molecule has 0 aromatic heterocycles. The molecular formula is C28H38N2O2. The van der Waals surface area contributed by atoms with Gasteiger partial charge >= 0.3 is 0 Å². The molecule has 1 N–H and O–H groups in total. The second-order valence-corrected chi connectivity index (χ2v) is 11.5. The molecule has 172 valence electrons. The van der Waals surface area contributed by atoms with Crippen LogP contribution in [0.2, 0.25) is 0 Å². The van der Waals surface area contributed by atoms with E-state index < -0.39 is 0 Å². The van der Waals surface area contributed by atoms with Gasteiger partial charge in [-0.15, -0.1) is 0 Å². The van der Waals surface area contributed by atoms with Crippen molar-refractivity contribution in [1.82, 2.24) is 10.2 Å². The van der Waals surface area contributed by atoms with E-state index in [1.165, 1.54) is 24.8 Å². The van der Waals surface area contributed by atoms with Gasteiger partial charge in [0.2, 0.25) is 5.91 Å². The van der Waals surface area contributed by atoms with Crippen molar-refractivity contribution >= 4 is 11.8 Å². The number of aryl methyl sites for hydroxylation is 1. The summed E-state index contributed by atoms with van der Waals surface area (Å²) in [4.78, 5) is 27.5. The Balaban J connectivity index is 1.37. The topological polar surface area (TPSA) is 49.4 Å². The van der Waals surface area contributed by atoms with Gasteiger partial charge in [-0.2, -0.15) is 0 Å². The van der Waals surface area contributed by atoms with Crippen LogP contribution in [0.5, 0.6) is 0 Å². The summed E-state index contributed by atoms with van der Waals surface area (Å²) in [7, 11) is 1.98. The Morgan fingerprint density at radius 3 is 2.62 bits per heavy atom. The van der Waals surface area contributed by atoms with Crippen LogP contribution < -0.4 is 5.32 Å². The summed E-state index contributed by atoms with van der Waals surface area (Å²) in [5.41, 5.74) is 3.31. The number of carbonyl (C=O) groups excluding carboxylic acids is 2. The Hall–Kier alpha value is -2.10. The minimum atomic E-state index is 0.0763. The number of amides is 2. The highest BCUT2D eigenvalue weighted by Crippen LogP contribution is 2.63. The standard InChI is InChI=1S/C28H38N2O2/c1-17-7-6-8-19(18(17)2)26(32)29-23-11-10-21-20-9-12-24-28(4,16-14-25(31)30(24)5)22(20)13-15-27(21,23)3/h6-8,14,16,20-24H,9-13,15H2,1-5H3,(H,29,32)/t20-,21-,22-,23?,24+,27-,28+/m0/s1. The van der Waals surface area contributed by atoms with Gasteiger partial charge in [0.15, 0.2) is 0 Å². The van der Waals surface area contributed by atoms with Gasteiger partial charge < -0.3 is 10.2 Å². The van der Waals surface area contributed by atoms with Crippen molar-refractivity contribution in [3.63, 3.8) is 0 Å². The third-order valence-corrected chi connectivity index (χ3v) is 10.3. The molecule has 7 atom stereocenters. The zero-order valence-electron chi connectivity index (χ0n) is 20.3. The molecular weight excluding hydrogens is 396 g/mol. The van der Waals surface area contributed by atoms with Crippen molar-refractivity contribution in [3.8, 4) is 0 Å². The van der Waals surface area contributed by atoms with Gasteiger partial charge in [0.25, 0.3) is 5.91 Å². The number of benzene rings is 1. The van der Waals surface area contributed by atoms with Gasteiger partial charge in [0.1, 0.15) is 0 Å². The molecule has 3 saturated carbocycles. The number of hydrogen-bond acceptors (Lipinski definition) is 2. The van der Waals surface area contributed by atoms with Crippen LogP contribution in [-0.2, 0) is 4.79 Å². The third kappa shape index (κ3) is 3.01. The lowest BCUT2D eigenvalue weighted by Gasteiger charge is -2.60. The summed E-state index contributed by atoms with van der Waals surface area (Å²) in [6.45, 7) is 8.95. The number of fused-ring (bicyclic) bond motifs is 5. The van der Waals surface area contributed by atoms with Gasteiger partial charge in [-0.25, -0.2) is 0 Å². The third-order valence-electron chi connectivity index (χ3n) is 10.3. The smallest absolute Gasteiger partial charge is 0.251 e. The molecule has 4 heteroatoms. The lowest BCUT2D eigenvalue weighted by molar-refractivity contribution is -0.138. The lowest BCUT2D eigenvalue weighted by Crippen LogP contribution is -2.60. The van der Waals surface area contributed by atoms with Crippen LogP contribution in [0, 0.1) is 42.4 Å². The maximum absolute atomic E-state index is 13.2. The van der Waals surface area contributed by atoms with Crippen LogP contribution in [0.1, 0.15) is 73.9 Å². The molecule has 1 aromatic carbocycles. The normalized spacial score (nSPS) is 40.5. The molecule has 0 saturated heterocycles. The molecule has 4 nitrogen and oxygen atoms in total. The van der Waals surface area contributed by atoms with Gasteiger partial charge in [0, 0.05) is 30.1 Å². The summed E-state index contributed by atoms with van der Waals surface area (Å²) < 4.78 is 0. The average Bonchev–Trinajstić information content (AvgIpc) is 3.09. The van der Waals surface area contributed by atoms with E-state index >= 15 is 0 Å². The number of carbonyl (C=O) groups is 2. The SMILES string of the molecule is Cc1cccc(C(=O)NC2CC[C@H]3[C@@H]4CC[C@H]5N(C)C(=O)C=C[C@]5(C)[C@H]4CC[C@]23C)c1C. The van der Waals surface area contributed by atoms with E-state index in [0.29, 0.717) is 23.8 Å². The van der Waals surface area contributed by atoms with E-state index in [4.69, 9.17) is 0 Å². The van der Waals surface area contributed by atoms with Crippen LogP contribution in [0.25, 0.3) is 0 Å². The molecule has 3 aliphatic carbocycles. The van der Waals surface area contributed by atoms with Crippen LogP contribution in [0.4, 0.5) is 0 Å². The number of hydrogen-bond donors (Lipinski definition) is 1. The Kier molecular flexibility index (Phi) is 5.07. The second-order valence-electron chi connectivity index (χ2n) is 11.5. The largest absolute Gasteiger partial charge is 0.349 e.